The number of hydrogen-bond donors (Lipinski definition) is 0. The van der Waals surface area contributed by atoms with Crippen LogP contribution in [0.2, 0.25) is 0 Å². The topological polar surface area (TPSA) is 15.7 Å². The lowest BCUT2D eigenvalue weighted by Gasteiger charge is -2.36. The van der Waals surface area contributed by atoms with Gasteiger partial charge in [-0.25, -0.2) is 0 Å². The molecule has 1 aliphatic rings. The summed E-state index contributed by atoms with van der Waals surface area (Å²) in [5.74, 6) is 0. The van der Waals surface area contributed by atoms with Crippen molar-refractivity contribution >= 4 is 0 Å². The van der Waals surface area contributed by atoms with Gasteiger partial charge >= 0.3 is 0 Å². The van der Waals surface area contributed by atoms with E-state index in [1.165, 1.54) is 26.2 Å². The van der Waals surface area contributed by atoms with Crippen LogP contribution in [0.5, 0.6) is 0 Å². The predicted molar refractivity (Wildman–Crippen MR) is 59.6 cm³/mol. The van der Waals surface area contributed by atoms with E-state index in [1.807, 2.05) is 0 Å². The molecule has 3 heteroatoms. The van der Waals surface area contributed by atoms with Crippen molar-refractivity contribution in [3.8, 4) is 0 Å². The van der Waals surface area contributed by atoms with Crippen molar-refractivity contribution in [1.29, 1.82) is 0 Å². The Morgan fingerprint density at radius 3 is 2.29 bits per heavy atom. The van der Waals surface area contributed by atoms with Gasteiger partial charge in [-0.1, -0.05) is 0 Å². The number of nitrogens with zero attached hydrogens (tertiary/aromatic N) is 2. The molecule has 1 fully saturated rings. The summed E-state index contributed by atoms with van der Waals surface area (Å²) in [5, 5.41) is 0. The first-order valence-corrected chi connectivity index (χ1v) is 5.78. The Balaban J connectivity index is 2.09. The van der Waals surface area contributed by atoms with Crippen LogP contribution in [0.25, 0.3) is 0 Å². The van der Waals surface area contributed by atoms with Crippen LogP contribution in [0.3, 0.4) is 0 Å². The molecule has 0 aromatic carbocycles. The first-order valence-electron chi connectivity index (χ1n) is 5.78. The Morgan fingerprint density at radius 2 is 1.79 bits per heavy atom. The maximum Gasteiger partial charge on any atom is 0.0593 e. The van der Waals surface area contributed by atoms with Gasteiger partial charge in [0.1, 0.15) is 0 Å². The van der Waals surface area contributed by atoms with Gasteiger partial charge in [-0.15, -0.1) is 0 Å². The average molecular weight is 200 g/mol. The lowest BCUT2D eigenvalue weighted by molar-refractivity contribution is 0.0707. The van der Waals surface area contributed by atoms with E-state index < -0.39 is 0 Å². The monoisotopic (exact) mass is 200 g/mol. The molecule has 1 rings (SSSR count). The standard InChI is InChI=1S/C11H24N2O/c1-4-14-10-9-12-5-7-13(8-6-12)11(2)3/h11H,4-10H2,1-3H3. The minimum Gasteiger partial charge on any atom is -0.380 e. The predicted octanol–water partition coefficient (Wildman–Crippen LogP) is 1.05. The lowest BCUT2D eigenvalue weighted by Crippen LogP contribution is -2.49. The van der Waals surface area contributed by atoms with Crippen LogP contribution in [0, 0.1) is 0 Å². The first-order chi connectivity index (χ1) is 6.74. The van der Waals surface area contributed by atoms with Crippen LogP contribution in [0.1, 0.15) is 20.8 Å². The zero-order valence-electron chi connectivity index (χ0n) is 9.83. The fourth-order valence-electron chi connectivity index (χ4n) is 1.84. The molecule has 0 unspecified atom stereocenters. The van der Waals surface area contributed by atoms with Crippen molar-refractivity contribution in [2.45, 2.75) is 26.8 Å². The van der Waals surface area contributed by atoms with Gasteiger partial charge in [0.15, 0.2) is 0 Å². The van der Waals surface area contributed by atoms with Gasteiger partial charge < -0.3 is 4.74 Å². The molecule has 3 nitrogen and oxygen atoms in total. The normalized spacial score (nSPS) is 20.6. The second-order valence-electron chi connectivity index (χ2n) is 4.17. The molecule has 0 atom stereocenters. The van der Waals surface area contributed by atoms with Gasteiger partial charge in [0, 0.05) is 45.4 Å². The number of hydrogen-bond acceptors (Lipinski definition) is 3. The highest BCUT2D eigenvalue weighted by Crippen LogP contribution is 2.05. The first kappa shape index (κ1) is 12.0. The van der Waals surface area contributed by atoms with Gasteiger partial charge in [0.2, 0.25) is 0 Å². The highest BCUT2D eigenvalue weighted by Gasteiger charge is 2.17. The maximum atomic E-state index is 5.36. The average Bonchev–Trinajstić information content (AvgIpc) is 2.19. The van der Waals surface area contributed by atoms with Crippen LogP contribution in [-0.2, 0) is 4.74 Å². The second-order valence-corrected chi connectivity index (χ2v) is 4.17. The fraction of sp³-hybridized carbons (Fsp3) is 1.00. The van der Waals surface area contributed by atoms with Gasteiger partial charge in [-0.05, 0) is 20.8 Å². The van der Waals surface area contributed by atoms with E-state index in [2.05, 4.69) is 30.6 Å². The molecule has 84 valence electrons. The summed E-state index contributed by atoms with van der Waals surface area (Å²) in [5.41, 5.74) is 0. The van der Waals surface area contributed by atoms with E-state index in [-0.39, 0.29) is 0 Å². The third-order valence-electron chi connectivity index (χ3n) is 2.89. The highest BCUT2D eigenvalue weighted by molar-refractivity contribution is 4.73. The van der Waals surface area contributed by atoms with E-state index >= 15 is 0 Å². The van der Waals surface area contributed by atoms with E-state index in [4.69, 9.17) is 4.74 Å². The molecule has 0 amide bonds. The number of piperazine rings is 1. The van der Waals surface area contributed by atoms with Crippen LogP contribution < -0.4 is 0 Å². The van der Waals surface area contributed by atoms with Crippen molar-refractivity contribution < 1.29 is 4.74 Å². The zero-order chi connectivity index (χ0) is 10.4. The number of ether oxygens (including phenoxy) is 1. The molecule has 0 radical (unpaired) electrons. The van der Waals surface area contributed by atoms with E-state index in [1.54, 1.807) is 0 Å². The molecule has 0 spiro atoms. The quantitative estimate of drug-likeness (QED) is 0.617. The van der Waals surface area contributed by atoms with Gasteiger partial charge in [-0.3, -0.25) is 9.80 Å². The Kier molecular flexibility index (Phi) is 5.45. The Morgan fingerprint density at radius 1 is 1.14 bits per heavy atom. The molecule has 1 saturated heterocycles. The van der Waals surface area contributed by atoms with Gasteiger partial charge in [-0.2, -0.15) is 0 Å². The second kappa shape index (κ2) is 6.38. The number of rotatable bonds is 5. The van der Waals surface area contributed by atoms with Crippen LogP contribution in [-0.4, -0.2) is 61.8 Å². The third kappa shape index (κ3) is 3.95. The molecule has 0 aliphatic carbocycles. The summed E-state index contributed by atoms with van der Waals surface area (Å²) < 4.78 is 5.36. The van der Waals surface area contributed by atoms with Crippen molar-refractivity contribution in [3.63, 3.8) is 0 Å². The largest absolute Gasteiger partial charge is 0.380 e. The maximum absolute atomic E-state index is 5.36. The Hall–Kier alpha value is -0.120. The van der Waals surface area contributed by atoms with Crippen molar-refractivity contribution in [1.82, 2.24) is 9.80 Å². The Bertz CT molecular complexity index is 142. The smallest absolute Gasteiger partial charge is 0.0593 e. The van der Waals surface area contributed by atoms with Crippen LogP contribution in [0.4, 0.5) is 0 Å². The molecule has 0 bridgehead atoms. The Labute approximate surface area is 88.0 Å². The minimum atomic E-state index is 0.698. The molecule has 0 N–H and O–H groups in total. The fourth-order valence-corrected chi connectivity index (χ4v) is 1.84. The summed E-state index contributed by atoms with van der Waals surface area (Å²) in [4.78, 5) is 5.03. The zero-order valence-corrected chi connectivity index (χ0v) is 9.83. The summed E-state index contributed by atoms with van der Waals surface area (Å²) in [6.45, 7) is 14.2. The summed E-state index contributed by atoms with van der Waals surface area (Å²) in [6, 6.07) is 0.698. The van der Waals surface area contributed by atoms with Crippen LogP contribution in [0.15, 0.2) is 0 Å². The molecule has 1 aliphatic heterocycles. The minimum absolute atomic E-state index is 0.698. The third-order valence-corrected chi connectivity index (χ3v) is 2.89. The SMILES string of the molecule is CCOCCN1CCN(C(C)C)CC1. The van der Waals surface area contributed by atoms with Gasteiger partial charge in [0.05, 0.1) is 6.61 Å². The van der Waals surface area contributed by atoms with E-state index in [0.29, 0.717) is 6.04 Å². The molecule has 14 heavy (non-hydrogen) atoms. The molecular formula is C11H24N2O. The molecule has 0 saturated carbocycles. The lowest BCUT2D eigenvalue weighted by atomic mass is 10.2. The van der Waals surface area contributed by atoms with E-state index in [0.717, 1.165) is 19.8 Å². The van der Waals surface area contributed by atoms with Crippen molar-refractivity contribution in [2.24, 2.45) is 0 Å². The van der Waals surface area contributed by atoms with E-state index in [9.17, 15) is 0 Å². The molecule has 1 heterocycles. The van der Waals surface area contributed by atoms with Crippen molar-refractivity contribution in [3.05, 3.63) is 0 Å². The highest BCUT2D eigenvalue weighted by atomic mass is 16.5. The molecule has 0 aromatic heterocycles. The van der Waals surface area contributed by atoms with Crippen LogP contribution >= 0.6 is 0 Å². The van der Waals surface area contributed by atoms with Gasteiger partial charge in [0.25, 0.3) is 0 Å². The van der Waals surface area contributed by atoms with Crippen molar-refractivity contribution in [2.75, 3.05) is 45.9 Å². The molecular weight excluding hydrogens is 176 g/mol. The summed E-state index contributed by atoms with van der Waals surface area (Å²) in [7, 11) is 0. The summed E-state index contributed by atoms with van der Waals surface area (Å²) in [6.07, 6.45) is 0. The molecule has 0 aromatic rings. The summed E-state index contributed by atoms with van der Waals surface area (Å²) >= 11 is 0.